The van der Waals surface area contributed by atoms with Crippen molar-refractivity contribution in [3.63, 3.8) is 0 Å². The zero-order chi connectivity index (χ0) is 13.7. The highest BCUT2D eigenvalue weighted by Gasteiger charge is 2.16. The van der Waals surface area contributed by atoms with Gasteiger partial charge in [0.05, 0.1) is 4.90 Å². The van der Waals surface area contributed by atoms with Crippen molar-refractivity contribution in [2.24, 2.45) is 0 Å². The van der Waals surface area contributed by atoms with Crippen LogP contribution >= 0.6 is 0 Å². The number of piperidine rings is 1. The third-order valence-electron chi connectivity index (χ3n) is 3.30. The van der Waals surface area contributed by atoms with Gasteiger partial charge in [0.25, 0.3) is 0 Å². The predicted molar refractivity (Wildman–Crippen MR) is 71.8 cm³/mol. The molecule has 0 saturated carbocycles. The van der Waals surface area contributed by atoms with Crippen LogP contribution in [0.25, 0.3) is 0 Å². The Morgan fingerprint density at radius 2 is 2.21 bits per heavy atom. The molecule has 2 rings (SSSR count). The lowest BCUT2D eigenvalue weighted by Gasteiger charge is -2.23. The molecule has 0 aromatic heterocycles. The Balaban J connectivity index is 1.87. The Hall–Kier alpha value is -0.980. The smallest absolute Gasteiger partial charge is 0.240 e. The Labute approximate surface area is 113 Å². The molecule has 0 aliphatic carbocycles. The fourth-order valence-corrected chi connectivity index (χ4v) is 3.33. The summed E-state index contributed by atoms with van der Waals surface area (Å²) in [5.74, 6) is -0.545. The molecule has 6 heteroatoms. The molecular weight excluding hydrogens is 267 g/mol. The van der Waals surface area contributed by atoms with Crippen LogP contribution in [0.1, 0.15) is 25.7 Å². The normalized spacial score (nSPS) is 20.4. The number of sulfonamides is 1. The molecule has 1 aliphatic heterocycles. The van der Waals surface area contributed by atoms with Crippen molar-refractivity contribution in [3.8, 4) is 0 Å². The molecule has 1 aliphatic rings. The van der Waals surface area contributed by atoms with Crippen LogP contribution in [0.2, 0.25) is 0 Å². The van der Waals surface area contributed by atoms with Gasteiger partial charge >= 0.3 is 0 Å². The molecule has 1 unspecified atom stereocenters. The maximum atomic E-state index is 13.0. The van der Waals surface area contributed by atoms with Gasteiger partial charge in [-0.3, -0.25) is 0 Å². The van der Waals surface area contributed by atoms with Crippen molar-refractivity contribution in [1.82, 2.24) is 10.0 Å². The average molecular weight is 286 g/mol. The van der Waals surface area contributed by atoms with Gasteiger partial charge in [-0.1, -0.05) is 12.5 Å². The quantitative estimate of drug-likeness (QED) is 0.865. The Morgan fingerprint density at radius 3 is 2.89 bits per heavy atom. The Bertz CT molecular complexity index is 513. The summed E-state index contributed by atoms with van der Waals surface area (Å²) in [6.07, 6.45) is 4.22. The summed E-state index contributed by atoms with van der Waals surface area (Å²) >= 11 is 0. The molecule has 0 spiro atoms. The van der Waals surface area contributed by atoms with E-state index in [-0.39, 0.29) is 4.90 Å². The van der Waals surface area contributed by atoms with E-state index in [1.54, 1.807) is 0 Å². The van der Waals surface area contributed by atoms with Crippen molar-refractivity contribution in [1.29, 1.82) is 0 Å². The van der Waals surface area contributed by atoms with Gasteiger partial charge in [-0.2, -0.15) is 0 Å². The number of benzene rings is 1. The molecular formula is C13H19FN2O2S. The molecule has 1 atom stereocenters. The fourth-order valence-electron chi connectivity index (χ4n) is 2.26. The summed E-state index contributed by atoms with van der Waals surface area (Å²) in [6, 6.07) is 5.42. The lowest BCUT2D eigenvalue weighted by Crippen LogP contribution is -2.37. The topological polar surface area (TPSA) is 58.2 Å². The highest BCUT2D eigenvalue weighted by atomic mass is 32.2. The first-order valence-corrected chi connectivity index (χ1v) is 8.05. The van der Waals surface area contributed by atoms with E-state index in [9.17, 15) is 12.8 Å². The third-order valence-corrected chi connectivity index (χ3v) is 4.76. The molecule has 4 nitrogen and oxygen atoms in total. The first kappa shape index (κ1) is 14.4. The number of hydrogen-bond acceptors (Lipinski definition) is 3. The van der Waals surface area contributed by atoms with Crippen LogP contribution in [0.5, 0.6) is 0 Å². The maximum absolute atomic E-state index is 13.0. The van der Waals surface area contributed by atoms with Gasteiger partial charge in [0.15, 0.2) is 0 Å². The van der Waals surface area contributed by atoms with Gasteiger partial charge < -0.3 is 5.32 Å². The molecule has 1 fully saturated rings. The highest BCUT2D eigenvalue weighted by Crippen LogP contribution is 2.12. The number of hydrogen-bond donors (Lipinski definition) is 2. The van der Waals surface area contributed by atoms with E-state index >= 15 is 0 Å². The summed E-state index contributed by atoms with van der Waals surface area (Å²) < 4.78 is 39.4. The molecule has 2 N–H and O–H groups in total. The van der Waals surface area contributed by atoms with E-state index in [4.69, 9.17) is 0 Å². The average Bonchev–Trinajstić information content (AvgIpc) is 2.40. The zero-order valence-electron chi connectivity index (χ0n) is 10.7. The summed E-state index contributed by atoms with van der Waals surface area (Å²) in [4.78, 5) is -0.0240. The Kier molecular flexibility index (Phi) is 4.90. The predicted octanol–water partition coefficient (Wildman–Crippen LogP) is 1.64. The summed E-state index contributed by atoms with van der Waals surface area (Å²) in [5.41, 5.74) is 0. The summed E-state index contributed by atoms with van der Waals surface area (Å²) in [6.45, 7) is 1.37. The Morgan fingerprint density at radius 1 is 1.37 bits per heavy atom. The van der Waals surface area contributed by atoms with Gasteiger partial charge in [0, 0.05) is 12.6 Å². The minimum atomic E-state index is -3.60. The van der Waals surface area contributed by atoms with Crippen LogP contribution in [-0.2, 0) is 10.0 Å². The third kappa shape index (κ3) is 4.26. The van der Waals surface area contributed by atoms with E-state index in [0.29, 0.717) is 12.6 Å². The van der Waals surface area contributed by atoms with E-state index < -0.39 is 15.8 Å². The SMILES string of the molecule is O=S(=O)(NCCC1CCCCN1)c1cccc(F)c1. The van der Waals surface area contributed by atoms with E-state index in [2.05, 4.69) is 10.0 Å². The minimum absolute atomic E-state index is 0.0240. The van der Waals surface area contributed by atoms with Crippen LogP contribution in [0, 0.1) is 5.82 Å². The first-order chi connectivity index (χ1) is 9.08. The number of nitrogens with one attached hydrogen (secondary N) is 2. The number of halogens is 1. The summed E-state index contributed by atoms with van der Waals surface area (Å²) in [7, 11) is -3.60. The second-order valence-electron chi connectivity index (χ2n) is 4.79. The van der Waals surface area contributed by atoms with Crippen LogP contribution in [0.15, 0.2) is 29.2 Å². The largest absolute Gasteiger partial charge is 0.314 e. The highest BCUT2D eigenvalue weighted by molar-refractivity contribution is 7.89. The maximum Gasteiger partial charge on any atom is 0.240 e. The summed E-state index contributed by atoms with van der Waals surface area (Å²) in [5, 5.41) is 3.36. The molecule has 1 heterocycles. The molecule has 1 aromatic rings. The van der Waals surface area contributed by atoms with Gasteiger partial charge in [0.2, 0.25) is 10.0 Å². The molecule has 0 radical (unpaired) electrons. The van der Waals surface area contributed by atoms with Crippen LogP contribution in [0.4, 0.5) is 4.39 Å². The van der Waals surface area contributed by atoms with Gasteiger partial charge in [-0.15, -0.1) is 0 Å². The monoisotopic (exact) mass is 286 g/mol. The van der Waals surface area contributed by atoms with E-state index in [1.807, 2.05) is 0 Å². The number of rotatable bonds is 5. The molecule has 106 valence electrons. The minimum Gasteiger partial charge on any atom is -0.314 e. The zero-order valence-corrected chi connectivity index (χ0v) is 11.5. The van der Waals surface area contributed by atoms with Crippen molar-refractivity contribution >= 4 is 10.0 Å². The standard InChI is InChI=1S/C13H19FN2O2S/c14-11-4-3-6-13(10-11)19(17,18)16-9-7-12-5-1-2-8-15-12/h3-4,6,10,12,15-16H,1-2,5,7-9H2. The van der Waals surface area contributed by atoms with Crippen LogP contribution in [-0.4, -0.2) is 27.5 Å². The van der Waals surface area contributed by atoms with Gasteiger partial charge in [-0.25, -0.2) is 17.5 Å². The second kappa shape index (κ2) is 6.45. The van der Waals surface area contributed by atoms with Crippen molar-refractivity contribution < 1.29 is 12.8 Å². The lowest BCUT2D eigenvalue weighted by molar-refractivity contribution is 0.382. The molecule has 19 heavy (non-hydrogen) atoms. The molecule has 0 bridgehead atoms. The van der Waals surface area contributed by atoms with Crippen LogP contribution in [0.3, 0.4) is 0 Å². The van der Waals surface area contributed by atoms with E-state index in [1.165, 1.54) is 31.0 Å². The fraction of sp³-hybridized carbons (Fsp3) is 0.538. The lowest BCUT2D eigenvalue weighted by atomic mass is 10.0. The van der Waals surface area contributed by atoms with Crippen molar-refractivity contribution in [2.45, 2.75) is 36.6 Å². The van der Waals surface area contributed by atoms with Crippen LogP contribution < -0.4 is 10.0 Å². The molecule has 1 saturated heterocycles. The van der Waals surface area contributed by atoms with Crippen molar-refractivity contribution in [2.75, 3.05) is 13.1 Å². The van der Waals surface area contributed by atoms with Gasteiger partial charge in [-0.05, 0) is 44.0 Å². The van der Waals surface area contributed by atoms with Crippen molar-refractivity contribution in [3.05, 3.63) is 30.1 Å². The van der Waals surface area contributed by atoms with E-state index in [0.717, 1.165) is 25.5 Å². The first-order valence-electron chi connectivity index (χ1n) is 6.56. The van der Waals surface area contributed by atoms with Gasteiger partial charge in [0.1, 0.15) is 5.82 Å². The molecule has 0 amide bonds. The second-order valence-corrected chi connectivity index (χ2v) is 6.56. The molecule has 1 aromatic carbocycles.